The molecule has 0 saturated heterocycles. The van der Waals surface area contributed by atoms with Crippen LogP contribution in [-0.2, 0) is 0 Å². The largest absolute Gasteiger partial charge is 0.240 e. The van der Waals surface area contributed by atoms with Crippen LogP contribution in [0.1, 0.15) is 30.9 Å². The van der Waals surface area contributed by atoms with E-state index in [1.807, 2.05) is 16.8 Å². The normalized spacial score (nSPS) is 18.4. The van der Waals surface area contributed by atoms with Gasteiger partial charge in [-0.05, 0) is 36.6 Å². The summed E-state index contributed by atoms with van der Waals surface area (Å²) >= 11 is 6.13. The molecule has 4 rings (SSSR count). The van der Waals surface area contributed by atoms with Gasteiger partial charge in [-0.3, -0.25) is 0 Å². The number of rotatable bonds is 3. The van der Waals surface area contributed by atoms with Crippen LogP contribution >= 0.6 is 11.6 Å². The number of hydrogen-bond donors (Lipinski definition) is 0. The number of halogens is 2. The lowest BCUT2D eigenvalue weighted by molar-refractivity contribution is 0.527. The van der Waals surface area contributed by atoms with Gasteiger partial charge in [0.2, 0.25) is 0 Å². The van der Waals surface area contributed by atoms with Gasteiger partial charge in [0.15, 0.2) is 5.65 Å². The molecule has 0 amide bonds. The van der Waals surface area contributed by atoms with Gasteiger partial charge >= 0.3 is 0 Å². The second-order valence-electron chi connectivity index (χ2n) is 6.10. The lowest BCUT2D eigenvalue weighted by Crippen LogP contribution is -2.17. The molecule has 0 radical (unpaired) electrons. The van der Waals surface area contributed by atoms with E-state index >= 15 is 0 Å². The molecule has 1 aliphatic rings. The van der Waals surface area contributed by atoms with E-state index in [9.17, 15) is 4.39 Å². The molecule has 0 N–H and O–H groups in total. The van der Waals surface area contributed by atoms with Crippen molar-refractivity contribution in [1.29, 1.82) is 0 Å². The zero-order chi connectivity index (χ0) is 17.4. The molecule has 0 bridgehead atoms. The van der Waals surface area contributed by atoms with Crippen LogP contribution in [0.5, 0.6) is 0 Å². The Labute approximate surface area is 149 Å². The maximum absolute atomic E-state index is 13.7. The highest BCUT2D eigenvalue weighted by Gasteiger charge is 2.25. The SMILES string of the molecule is CC(C1=CC=CCC1c1cccc(F)c1)n1ncc2c(Cl)ncnc21. The number of fused-ring (bicyclic) bond motifs is 1. The first-order chi connectivity index (χ1) is 12.1. The third-order valence-electron chi connectivity index (χ3n) is 4.64. The summed E-state index contributed by atoms with van der Waals surface area (Å²) in [6.07, 6.45) is 10.2. The molecule has 3 aromatic rings. The molecule has 2 atom stereocenters. The van der Waals surface area contributed by atoms with Crippen LogP contribution in [0.15, 0.2) is 60.6 Å². The maximum Gasteiger partial charge on any atom is 0.163 e. The zero-order valence-corrected chi connectivity index (χ0v) is 14.4. The molecular weight excluding hydrogens is 339 g/mol. The molecule has 2 unspecified atom stereocenters. The molecule has 6 heteroatoms. The van der Waals surface area contributed by atoms with E-state index in [-0.39, 0.29) is 17.8 Å². The third kappa shape index (κ3) is 2.85. The maximum atomic E-state index is 13.7. The Kier molecular flexibility index (Phi) is 4.09. The molecule has 1 aliphatic carbocycles. The molecule has 0 saturated carbocycles. The van der Waals surface area contributed by atoms with E-state index in [2.05, 4.69) is 34.1 Å². The Bertz CT molecular complexity index is 992. The van der Waals surface area contributed by atoms with Crippen LogP contribution in [0.25, 0.3) is 11.0 Å². The fourth-order valence-electron chi connectivity index (χ4n) is 3.39. The molecule has 2 heterocycles. The minimum atomic E-state index is -0.219. The van der Waals surface area contributed by atoms with Crippen molar-refractivity contribution in [2.24, 2.45) is 0 Å². The summed E-state index contributed by atoms with van der Waals surface area (Å²) in [4.78, 5) is 8.33. The fourth-order valence-corrected chi connectivity index (χ4v) is 3.56. The smallest absolute Gasteiger partial charge is 0.163 e. The molecule has 0 fully saturated rings. The Balaban J connectivity index is 1.76. The predicted molar refractivity (Wildman–Crippen MR) is 96.0 cm³/mol. The van der Waals surface area contributed by atoms with Crippen molar-refractivity contribution in [3.63, 3.8) is 0 Å². The summed E-state index contributed by atoms with van der Waals surface area (Å²) < 4.78 is 15.5. The van der Waals surface area contributed by atoms with Gasteiger partial charge in [0.05, 0.1) is 17.6 Å². The van der Waals surface area contributed by atoms with E-state index in [4.69, 9.17) is 11.6 Å². The molecule has 0 spiro atoms. The van der Waals surface area contributed by atoms with Gasteiger partial charge in [-0.25, -0.2) is 19.0 Å². The summed E-state index contributed by atoms with van der Waals surface area (Å²) in [5.41, 5.74) is 2.82. The van der Waals surface area contributed by atoms with Crippen LogP contribution in [0.3, 0.4) is 0 Å². The summed E-state index contributed by atoms with van der Waals surface area (Å²) in [6, 6.07) is 6.75. The first-order valence-corrected chi connectivity index (χ1v) is 8.48. The van der Waals surface area contributed by atoms with E-state index in [1.54, 1.807) is 18.3 Å². The van der Waals surface area contributed by atoms with Crippen LogP contribution in [0.4, 0.5) is 4.39 Å². The van der Waals surface area contributed by atoms with Crippen molar-refractivity contribution in [3.8, 4) is 0 Å². The van der Waals surface area contributed by atoms with E-state index in [0.717, 1.165) is 22.9 Å². The standard InChI is InChI=1S/C19H16ClFN4/c1-12(25-19-17(10-24-25)18(20)22-11-23-19)15-7-2-3-8-16(15)13-5-4-6-14(21)9-13/h2-7,9-12,16H,8H2,1H3. The molecule has 25 heavy (non-hydrogen) atoms. The topological polar surface area (TPSA) is 43.6 Å². The van der Waals surface area contributed by atoms with Gasteiger partial charge in [-0.1, -0.05) is 42.0 Å². The zero-order valence-electron chi connectivity index (χ0n) is 13.6. The number of benzene rings is 1. The lowest BCUT2D eigenvalue weighted by atomic mass is 9.82. The second kappa shape index (κ2) is 6.41. The average molecular weight is 355 g/mol. The number of hydrogen-bond acceptors (Lipinski definition) is 3. The quantitative estimate of drug-likeness (QED) is 0.631. The first-order valence-electron chi connectivity index (χ1n) is 8.11. The average Bonchev–Trinajstić information content (AvgIpc) is 3.07. The van der Waals surface area contributed by atoms with Crippen molar-refractivity contribution in [2.45, 2.75) is 25.3 Å². The first kappa shape index (κ1) is 16.0. The fraction of sp³-hybridized carbons (Fsp3) is 0.211. The number of allylic oxidation sites excluding steroid dienone is 4. The van der Waals surface area contributed by atoms with Crippen LogP contribution in [-0.4, -0.2) is 19.7 Å². The van der Waals surface area contributed by atoms with Gasteiger partial charge in [0, 0.05) is 5.92 Å². The van der Waals surface area contributed by atoms with Crippen LogP contribution in [0, 0.1) is 5.82 Å². The van der Waals surface area contributed by atoms with Gasteiger partial charge in [0.1, 0.15) is 17.3 Å². The summed E-state index contributed by atoms with van der Waals surface area (Å²) in [5, 5.41) is 5.59. The van der Waals surface area contributed by atoms with Crippen molar-refractivity contribution in [1.82, 2.24) is 19.7 Å². The van der Waals surface area contributed by atoms with Crippen molar-refractivity contribution < 1.29 is 4.39 Å². The summed E-state index contributed by atoms with van der Waals surface area (Å²) in [7, 11) is 0. The molecule has 2 aromatic heterocycles. The van der Waals surface area contributed by atoms with Gasteiger partial charge < -0.3 is 0 Å². The van der Waals surface area contributed by atoms with E-state index < -0.39 is 0 Å². The Hall–Kier alpha value is -2.53. The third-order valence-corrected chi connectivity index (χ3v) is 4.94. The van der Waals surface area contributed by atoms with Gasteiger partial charge in [0.25, 0.3) is 0 Å². The highest BCUT2D eigenvalue weighted by molar-refractivity contribution is 6.33. The molecule has 4 nitrogen and oxygen atoms in total. The summed E-state index contributed by atoms with van der Waals surface area (Å²) in [6.45, 7) is 2.07. The monoisotopic (exact) mass is 354 g/mol. The van der Waals surface area contributed by atoms with Crippen molar-refractivity contribution in [2.75, 3.05) is 0 Å². The Morgan fingerprint density at radius 1 is 1.32 bits per heavy atom. The number of aromatic nitrogens is 4. The van der Waals surface area contributed by atoms with E-state index in [0.29, 0.717) is 10.8 Å². The van der Waals surface area contributed by atoms with Crippen LogP contribution < -0.4 is 0 Å². The molecule has 1 aromatic carbocycles. The molecular formula is C19H16ClFN4. The van der Waals surface area contributed by atoms with E-state index in [1.165, 1.54) is 12.4 Å². The molecule has 126 valence electrons. The second-order valence-corrected chi connectivity index (χ2v) is 6.46. The van der Waals surface area contributed by atoms with Gasteiger partial charge in [-0.2, -0.15) is 5.10 Å². The van der Waals surface area contributed by atoms with Crippen molar-refractivity contribution in [3.05, 3.63) is 77.1 Å². The van der Waals surface area contributed by atoms with Crippen molar-refractivity contribution >= 4 is 22.6 Å². The number of nitrogens with zero attached hydrogens (tertiary/aromatic N) is 4. The molecule has 0 aliphatic heterocycles. The predicted octanol–water partition coefficient (Wildman–Crippen LogP) is 4.85. The van der Waals surface area contributed by atoms with Crippen LogP contribution in [0.2, 0.25) is 5.15 Å². The Morgan fingerprint density at radius 2 is 2.20 bits per heavy atom. The minimum Gasteiger partial charge on any atom is -0.240 e. The minimum absolute atomic E-state index is 0.0401. The highest BCUT2D eigenvalue weighted by atomic mass is 35.5. The summed E-state index contributed by atoms with van der Waals surface area (Å²) in [5.74, 6) is -0.115. The Morgan fingerprint density at radius 3 is 3.04 bits per heavy atom. The highest BCUT2D eigenvalue weighted by Crippen LogP contribution is 2.38. The lowest BCUT2D eigenvalue weighted by Gasteiger charge is -2.27. The van der Waals surface area contributed by atoms with Gasteiger partial charge in [-0.15, -0.1) is 0 Å².